The summed E-state index contributed by atoms with van der Waals surface area (Å²) >= 11 is 3.51. The van der Waals surface area contributed by atoms with Crippen molar-refractivity contribution in [2.45, 2.75) is 40.0 Å². The summed E-state index contributed by atoms with van der Waals surface area (Å²) in [6, 6.07) is 6.17. The van der Waals surface area contributed by atoms with Crippen LogP contribution in [0, 0.1) is 17.2 Å². The third kappa shape index (κ3) is 3.74. The topological polar surface area (TPSA) is 33.0 Å². The lowest BCUT2D eigenvalue weighted by Crippen LogP contribution is -2.12. The maximum atomic E-state index is 9.25. The van der Waals surface area contributed by atoms with Crippen LogP contribution in [-0.2, 0) is 5.41 Å². The van der Waals surface area contributed by atoms with Crippen LogP contribution >= 0.6 is 15.9 Å². The highest BCUT2D eigenvalue weighted by atomic mass is 79.9. The summed E-state index contributed by atoms with van der Waals surface area (Å²) < 4.78 is 6.57. The van der Waals surface area contributed by atoms with Gasteiger partial charge in [-0.25, -0.2) is 0 Å². The molecule has 0 aliphatic heterocycles. The first-order chi connectivity index (χ1) is 8.25. The summed E-state index contributed by atoms with van der Waals surface area (Å²) in [7, 11) is 0. The first-order valence-electron chi connectivity index (χ1n) is 6.12. The molecule has 0 atom stereocenters. The maximum absolute atomic E-state index is 9.25. The van der Waals surface area contributed by atoms with Crippen LogP contribution in [0.1, 0.15) is 45.7 Å². The van der Waals surface area contributed by atoms with Gasteiger partial charge in [-0.2, -0.15) is 5.26 Å². The fourth-order valence-corrected chi connectivity index (χ4v) is 2.08. The van der Waals surface area contributed by atoms with E-state index in [0.717, 1.165) is 10.0 Å². The van der Waals surface area contributed by atoms with Gasteiger partial charge in [0.05, 0.1) is 16.6 Å². The first-order valence-corrected chi connectivity index (χ1v) is 6.92. The number of benzene rings is 1. The van der Waals surface area contributed by atoms with E-state index in [1.807, 2.05) is 12.1 Å². The van der Waals surface area contributed by atoms with Crippen LogP contribution in [0.3, 0.4) is 0 Å². The van der Waals surface area contributed by atoms with Gasteiger partial charge < -0.3 is 4.74 Å². The molecule has 1 aromatic rings. The summed E-state index contributed by atoms with van der Waals surface area (Å²) in [6.45, 7) is 11.2. The molecule has 3 heteroatoms. The molecule has 0 radical (unpaired) electrons. The minimum Gasteiger partial charge on any atom is -0.491 e. The summed E-state index contributed by atoms with van der Waals surface area (Å²) in [5, 5.41) is 9.25. The second-order valence-electron chi connectivity index (χ2n) is 5.90. The van der Waals surface area contributed by atoms with E-state index in [1.54, 1.807) is 0 Å². The van der Waals surface area contributed by atoms with E-state index >= 15 is 0 Å². The van der Waals surface area contributed by atoms with E-state index in [0.29, 0.717) is 23.8 Å². The Morgan fingerprint density at radius 3 is 2.39 bits per heavy atom. The van der Waals surface area contributed by atoms with Gasteiger partial charge in [0, 0.05) is 0 Å². The molecule has 18 heavy (non-hydrogen) atoms. The summed E-state index contributed by atoms with van der Waals surface area (Å²) in [4.78, 5) is 0. The van der Waals surface area contributed by atoms with Crippen molar-refractivity contribution in [3.63, 3.8) is 0 Å². The molecule has 98 valence electrons. The largest absolute Gasteiger partial charge is 0.491 e. The fourth-order valence-electron chi connectivity index (χ4n) is 1.51. The number of ether oxygens (including phenoxy) is 1. The molecule has 2 nitrogen and oxygen atoms in total. The fraction of sp³-hybridized carbons (Fsp3) is 0.533. The highest BCUT2D eigenvalue weighted by Gasteiger charge is 2.19. The lowest BCUT2D eigenvalue weighted by molar-refractivity contribution is 0.268. The lowest BCUT2D eigenvalue weighted by Gasteiger charge is -2.21. The van der Waals surface area contributed by atoms with Crippen molar-refractivity contribution in [3.05, 3.63) is 27.7 Å². The normalized spacial score (nSPS) is 11.4. The van der Waals surface area contributed by atoms with Crippen molar-refractivity contribution in [2.24, 2.45) is 5.92 Å². The van der Waals surface area contributed by atoms with E-state index in [4.69, 9.17) is 4.74 Å². The van der Waals surface area contributed by atoms with Crippen molar-refractivity contribution in [3.8, 4) is 11.8 Å². The molecule has 0 saturated carbocycles. The Kier molecular flexibility index (Phi) is 4.81. The molecule has 0 bridgehead atoms. The zero-order valence-electron chi connectivity index (χ0n) is 11.7. The van der Waals surface area contributed by atoms with Gasteiger partial charge in [0.25, 0.3) is 0 Å². The predicted molar refractivity (Wildman–Crippen MR) is 77.9 cm³/mol. The van der Waals surface area contributed by atoms with E-state index in [2.05, 4.69) is 56.6 Å². The molecule has 0 unspecified atom stereocenters. The molecule has 0 fully saturated rings. The molecule has 0 N–H and O–H groups in total. The van der Waals surface area contributed by atoms with Crippen molar-refractivity contribution in [1.29, 1.82) is 5.26 Å². The standard InChI is InChI=1S/C15H20BrNO/c1-10(2)9-18-14-11(8-17)6-12(7-13(14)16)15(3,4)5/h6-7,10H,9H2,1-5H3. The molecule has 1 aromatic carbocycles. The van der Waals surface area contributed by atoms with E-state index in [-0.39, 0.29) is 5.41 Å². The second kappa shape index (κ2) is 5.75. The highest BCUT2D eigenvalue weighted by Crippen LogP contribution is 2.35. The molecule has 1 rings (SSSR count). The Hall–Kier alpha value is -1.01. The second-order valence-corrected chi connectivity index (χ2v) is 6.76. The summed E-state index contributed by atoms with van der Waals surface area (Å²) in [6.07, 6.45) is 0. The van der Waals surface area contributed by atoms with E-state index in [9.17, 15) is 5.26 Å². The van der Waals surface area contributed by atoms with E-state index in [1.165, 1.54) is 0 Å². The van der Waals surface area contributed by atoms with Crippen LogP contribution in [0.15, 0.2) is 16.6 Å². The Bertz CT molecular complexity index is 467. The highest BCUT2D eigenvalue weighted by molar-refractivity contribution is 9.10. The number of hydrogen-bond acceptors (Lipinski definition) is 2. The van der Waals surface area contributed by atoms with Crippen LogP contribution in [0.5, 0.6) is 5.75 Å². The quantitative estimate of drug-likeness (QED) is 0.814. The first kappa shape index (κ1) is 15.0. The molecule has 0 spiro atoms. The third-order valence-corrected chi connectivity index (χ3v) is 3.18. The molecule has 0 aliphatic carbocycles. The van der Waals surface area contributed by atoms with E-state index < -0.39 is 0 Å². The molecular formula is C15H20BrNO. The van der Waals surface area contributed by atoms with Crippen LogP contribution in [-0.4, -0.2) is 6.61 Å². The molecule has 0 aromatic heterocycles. The van der Waals surface area contributed by atoms with Crippen molar-refractivity contribution < 1.29 is 4.74 Å². The van der Waals surface area contributed by atoms with Crippen molar-refractivity contribution in [1.82, 2.24) is 0 Å². The van der Waals surface area contributed by atoms with Gasteiger partial charge in [0.1, 0.15) is 6.07 Å². The zero-order valence-corrected chi connectivity index (χ0v) is 13.3. The Morgan fingerprint density at radius 1 is 1.33 bits per heavy atom. The monoisotopic (exact) mass is 309 g/mol. The Labute approximate surface area is 118 Å². The third-order valence-electron chi connectivity index (χ3n) is 2.59. The van der Waals surface area contributed by atoms with Crippen molar-refractivity contribution in [2.75, 3.05) is 6.61 Å². The molecular weight excluding hydrogens is 290 g/mol. The van der Waals surface area contributed by atoms with Crippen LogP contribution in [0.25, 0.3) is 0 Å². The van der Waals surface area contributed by atoms with Gasteiger partial charge in [0.2, 0.25) is 0 Å². The summed E-state index contributed by atoms with van der Waals surface area (Å²) in [5.41, 5.74) is 1.74. The van der Waals surface area contributed by atoms with Crippen LogP contribution in [0.2, 0.25) is 0 Å². The Balaban J connectivity index is 3.18. The van der Waals surface area contributed by atoms with Gasteiger partial charge in [-0.15, -0.1) is 0 Å². The smallest absolute Gasteiger partial charge is 0.151 e. The average molecular weight is 310 g/mol. The minimum atomic E-state index is 0.0185. The predicted octanol–water partition coefficient (Wildman–Crippen LogP) is 4.65. The molecule has 0 aliphatic rings. The summed E-state index contributed by atoms with van der Waals surface area (Å²) in [5.74, 6) is 1.09. The number of halogens is 1. The number of nitriles is 1. The number of hydrogen-bond donors (Lipinski definition) is 0. The molecule has 0 saturated heterocycles. The van der Waals surface area contributed by atoms with Crippen LogP contribution in [0.4, 0.5) is 0 Å². The zero-order chi connectivity index (χ0) is 13.9. The van der Waals surface area contributed by atoms with Gasteiger partial charge >= 0.3 is 0 Å². The van der Waals surface area contributed by atoms with Gasteiger partial charge in [-0.1, -0.05) is 34.6 Å². The molecule has 0 heterocycles. The number of nitrogens with zero attached hydrogens (tertiary/aromatic N) is 1. The van der Waals surface area contributed by atoms with Crippen molar-refractivity contribution >= 4 is 15.9 Å². The van der Waals surface area contributed by atoms with Gasteiger partial charge in [-0.3, -0.25) is 0 Å². The number of rotatable bonds is 3. The minimum absolute atomic E-state index is 0.0185. The average Bonchev–Trinajstić information content (AvgIpc) is 2.24. The maximum Gasteiger partial charge on any atom is 0.151 e. The molecule has 0 amide bonds. The lowest BCUT2D eigenvalue weighted by atomic mass is 9.86. The Morgan fingerprint density at radius 2 is 1.94 bits per heavy atom. The van der Waals surface area contributed by atoms with Crippen LogP contribution < -0.4 is 4.74 Å². The SMILES string of the molecule is CC(C)COc1c(Br)cc(C(C)(C)C)cc1C#N. The van der Waals surface area contributed by atoms with Gasteiger partial charge in [-0.05, 0) is 45.0 Å². The van der Waals surface area contributed by atoms with Gasteiger partial charge in [0.15, 0.2) is 5.75 Å².